The number of para-hydroxylation sites is 1. The highest BCUT2D eigenvalue weighted by Gasteiger charge is 2.20. The van der Waals surface area contributed by atoms with E-state index in [1.807, 2.05) is 25.1 Å². The largest absolute Gasteiger partial charge is 0.352 e. The van der Waals surface area contributed by atoms with Crippen LogP contribution < -0.4 is 16.4 Å². The van der Waals surface area contributed by atoms with Crippen LogP contribution in [-0.4, -0.2) is 27.8 Å². The van der Waals surface area contributed by atoms with E-state index < -0.39 is 12.1 Å². The Labute approximate surface area is 145 Å². The van der Waals surface area contributed by atoms with E-state index >= 15 is 0 Å². The molecule has 7 nitrogen and oxygen atoms in total. The molecule has 128 valence electrons. The summed E-state index contributed by atoms with van der Waals surface area (Å²) in [4.78, 5) is 23.4. The molecule has 0 aliphatic heterocycles. The third-order valence-corrected chi connectivity index (χ3v) is 3.75. The maximum Gasteiger partial charge on any atom is 0.312 e. The number of amides is 3. The van der Waals surface area contributed by atoms with Crippen molar-refractivity contribution in [2.24, 2.45) is 5.73 Å². The van der Waals surface area contributed by atoms with Crippen LogP contribution in [0.1, 0.15) is 26.2 Å². The number of aromatic nitrogens is 2. The summed E-state index contributed by atoms with van der Waals surface area (Å²) in [6, 6.07) is 5.85. The number of nitrogens with zero attached hydrogens (tertiary/aromatic N) is 2. The Hall–Kier alpha value is -2.54. The predicted octanol–water partition coefficient (Wildman–Crippen LogP) is 2.69. The summed E-state index contributed by atoms with van der Waals surface area (Å²) in [5.74, 6) is -0.332. The van der Waals surface area contributed by atoms with Gasteiger partial charge in [0.1, 0.15) is 6.04 Å². The fourth-order valence-corrected chi connectivity index (χ4v) is 2.46. The summed E-state index contributed by atoms with van der Waals surface area (Å²) < 4.78 is 1.57. The van der Waals surface area contributed by atoms with Crippen LogP contribution in [0.5, 0.6) is 0 Å². The molecule has 0 unspecified atom stereocenters. The van der Waals surface area contributed by atoms with Gasteiger partial charge in [-0.1, -0.05) is 43.5 Å². The third-order valence-electron chi connectivity index (χ3n) is 3.43. The number of nitrogens with two attached hydrogens (primary N) is 1. The molecule has 0 radical (unpaired) electrons. The summed E-state index contributed by atoms with van der Waals surface area (Å²) in [6.07, 6.45) is 5.40. The molecule has 1 heterocycles. The van der Waals surface area contributed by atoms with E-state index in [0.717, 1.165) is 12.8 Å². The van der Waals surface area contributed by atoms with Crippen LogP contribution in [-0.2, 0) is 4.79 Å². The lowest BCUT2D eigenvalue weighted by atomic mass is 10.1. The number of halogens is 1. The van der Waals surface area contributed by atoms with Gasteiger partial charge in [0.25, 0.3) is 0 Å². The standard InChI is InChI=1S/C16H20ClN5O2/c1-2-3-7-13(21-16(18)24)15(23)20-11-9-19-22(10-11)14-8-5-4-6-12(14)17/h4-6,8-10,13H,2-3,7H2,1H3,(H,20,23)(H3,18,21,24)/t13-/m0/s1. The first-order valence-electron chi connectivity index (χ1n) is 7.67. The van der Waals surface area contributed by atoms with Gasteiger partial charge in [-0.15, -0.1) is 0 Å². The second-order valence-electron chi connectivity index (χ2n) is 5.32. The zero-order chi connectivity index (χ0) is 17.5. The van der Waals surface area contributed by atoms with E-state index in [1.165, 1.54) is 6.20 Å². The fraction of sp³-hybridized carbons (Fsp3) is 0.312. The number of unbranched alkanes of at least 4 members (excludes halogenated alkanes) is 1. The molecule has 0 fully saturated rings. The second-order valence-corrected chi connectivity index (χ2v) is 5.72. The molecule has 0 saturated heterocycles. The first-order valence-corrected chi connectivity index (χ1v) is 8.05. The van der Waals surface area contributed by atoms with Gasteiger partial charge in [0.2, 0.25) is 5.91 Å². The topological polar surface area (TPSA) is 102 Å². The summed E-state index contributed by atoms with van der Waals surface area (Å²) in [5.41, 5.74) is 6.34. The Morgan fingerprint density at radius 2 is 2.12 bits per heavy atom. The van der Waals surface area contributed by atoms with Gasteiger partial charge in [-0.2, -0.15) is 5.10 Å². The Morgan fingerprint density at radius 3 is 2.79 bits per heavy atom. The zero-order valence-electron chi connectivity index (χ0n) is 13.3. The molecule has 0 saturated carbocycles. The molecule has 0 aliphatic carbocycles. The maximum atomic E-state index is 12.3. The molecule has 1 aromatic carbocycles. The smallest absolute Gasteiger partial charge is 0.312 e. The minimum Gasteiger partial charge on any atom is -0.352 e. The molecule has 0 bridgehead atoms. The minimum absolute atomic E-state index is 0.332. The van der Waals surface area contributed by atoms with E-state index in [4.69, 9.17) is 17.3 Å². The number of hydrogen-bond acceptors (Lipinski definition) is 3. The van der Waals surface area contributed by atoms with Crippen molar-refractivity contribution in [1.82, 2.24) is 15.1 Å². The van der Waals surface area contributed by atoms with Crippen molar-refractivity contribution in [3.63, 3.8) is 0 Å². The molecule has 4 N–H and O–H groups in total. The minimum atomic E-state index is -0.724. The predicted molar refractivity (Wildman–Crippen MR) is 93.2 cm³/mol. The quantitative estimate of drug-likeness (QED) is 0.716. The number of carbonyl (C=O) groups excluding carboxylic acids is 2. The normalized spacial score (nSPS) is 11.8. The van der Waals surface area contributed by atoms with E-state index in [0.29, 0.717) is 22.8 Å². The Kier molecular flexibility index (Phi) is 6.20. The fourth-order valence-electron chi connectivity index (χ4n) is 2.23. The van der Waals surface area contributed by atoms with Crippen molar-refractivity contribution in [3.05, 3.63) is 41.7 Å². The van der Waals surface area contributed by atoms with Gasteiger partial charge in [-0.25, -0.2) is 9.48 Å². The van der Waals surface area contributed by atoms with Gasteiger partial charge in [-0.05, 0) is 18.6 Å². The maximum absolute atomic E-state index is 12.3. The number of benzene rings is 1. The molecule has 2 aromatic rings. The molecule has 3 amide bonds. The van der Waals surface area contributed by atoms with Crippen molar-refractivity contribution in [2.75, 3.05) is 5.32 Å². The highest BCUT2D eigenvalue weighted by molar-refractivity contribution is 6.32. The highest BCUT2D eigenvalue weighted by Crippen LogP contribution is 2.20. The average Bonchev–Trinajstić information content (AvgIpc) is 2.99. The van der Waals surface area contributed by atoms with Gasteiger partial charge in [-0.3, -0.25) is 4.79 Å². The molecular formula is C16H20ClN5O2. The lowest BCUT2D eigenvalue weighted by Gasteiger charge is -2.16. The van der Waals surface area contributed by atoms with Gasteiger partial charge in [0, 0.05) is 0 Å². The van der Waals surface area contributed by atoms with E-state index in [-0.39, 0.29) is 5.91 Å². The summed E-state index contributed by atoms with van der Waals surface area (Å²) >= 11 is 6.13. The average molecular weight is 350 g/mol. The third kappa shape index (κ3) is 4.73. The summed E-state index contributed by atoms with van der Waals surface area (Å²) in [5, 5.41) is 9.93. The summed E-state index contributed by atoms with van der Waals surface area (Å²) in [7, 11) is 0. The van der Waals surface area contributed by atoms with Gasteiger partial charge < -0.3 is 16.4 Å². The van der Waals surface area contributed by atoms with Crippen LogP contribution in [0.3, 0.4) is 0 Å². The van der Waals surface area contributed by atoms with Crippen molar-refractivity contribution in [2.45, 2.75) is 32.2 Å². The van der Waals surface area contributed by atoms with E-state index in [9.17, 15) is 9.59 Å². The highest BCUT2D eigenvalue weighted by atomic mass is 35.5. The molecular weight excluding hydrogens is 330 g/mol. The Morgan fingerprint density at radius 1 is 1.38 bits per heavy atom. The van der Waals surface area contributed by atoms with Crippen LogP contribution in [0.2, 0.25) is 5.02 Å². The number of carbonyl (C=O) groups is 2. The van der Waals surface area contributed by atoms with Crippen molar-refractivity contribution in [1.29, 1.82) is 0 Å². The second kappa shape index (κ2) is 8.35. The Bertz CT molecular complexity index is 716. The lowest BCUT2D eigenvalue weighted by molar-refractivity contribution is -0.118. The van der Waals surface area contributed by atoms with Crippen LogP contribution in [0.4, 0.5) is 10.5 Å². The number of primary amides is 1. The number of urea groups is 1. The molecule has 24 heavy (non-hydrogen) atoms. The molecule has 2 rings (SSSR count). The molecule has 1 atom stereocenters. The first-order chi connectivity index (χ1) is 11.5. The van der Waals surface area contributed by atoms with Crippen LogP contribution in [0.25, 0.3) is 5.69 Å². The van der Waals surface area contributed by atoms with Crippen LogP contribution >= 0.6 is 11.6 Å². The Balaban J connectivity index is 2.08. The van der Waals surface area contributed by atoms with E-state index in [2.05, 4.69) is 15.7 Å². The van der Waals surface area contributed by atoms with Gasteiger partial charge in [0.05, 0.1) is 28.8 Å². The number of hydrogen-bond donors (Lipinski definition) is 3. The number of rotatable bonds is 7. The SMILES string of the molecule is CCCC[C@H](NC(N)=O)C(=O)Nc1cnn(-c2ccccc2Cl)c1. The monoisotopic (exact) mass is 349 g/mol. The van der Waals surface area contributed by atoms with Crippen LogP contribution in [0.15, 0.2) is 36.7 Å². The van der Waals surface area contributed by atoms with Gasteiger partial charge >= 0.3 is 6.03 Å². The van der Waals surface area contributed by atoms with Crippen molar-refractivity contribution >= 4 is 29.2 Å². The molecule has 0 spiro atoms. The number of nitrogens with one attached hydrogen (secondary N) is 2. The summed E-state index contributed by atoms with van der Waals surface area (Å²) in [6.45, 7) is 2.01. The van der Waals surface area contributed by atoms with Crippen LogP contribution in [0, 0.1) is 0 Å². The van der Waals surface area contributed by atoms with Gasteiger partial charge in [0.15, 0.2) is 0 Å². The first kappa shape index (κ1) is 17.8. The zero-order valence-corrected chi connectivity index (χ0v) is 14.1. The number of anilines is 1. The van der Waals surface area contributed by atoms with Crippen molar-refractivity contribution in [3.8, 4) is 5.69 Å². The van der Waals surface area contributed by atoms with Crippen molar-refractivity contribution < 1.29 is 9.59 Å². The molecule has 1 aromatic heterocycles. The van der Waals surface area contributed by atoms with E-state index in [1.54, 1.807) is 16.9 Å². The lowest BCUT2D eigenvalue weighted by Crippen LogP contribution is -2.46. The molecule has 8 heteroatoms. The molecule has 0 aliphatic rings.